The lowest BCUT2D eigenvalue weighted by atomic mass is 9.89. The van der Waals surface area contributed by atoms with E-state index < -0.39 is 0 Å². The Morgan fingerprint density at radius 3 is 2.39 bits per heavy atom. The Kier molecular flexibility index (Phi) is 4.15. The molecule has 3 heteroatoms. The molecule has 0 aliphatic rings. The van der Waals surface area contributed by atoms with E-state index in [1.54, 1.807) is 0 Å². The first-order valence-corrected chi connectivity index (χ1v) is 6.80. The van der Waals surface area contributed by atoms with Crippen LogP contribution in [-0.4, -0.2) is 4.98 Å². The van der Waals surface area contributed by atoms with E-state index in [1.165, 1.54) is 16.7 Å². The average molecular weight is 305 g/mol. The van der Waals surface area contributed by atoms with Crippen LogP contribution in [0.3, 0.4) is 0 Å². The van der Waals surface area contributed by atoms with Gasteiger partial charge in [0.2, 0.25) is 0 Å². The molecular weight excluding hydrogens is 288 g/mol. The first-order valence-electron chi connectivity index (χ1n) is 6.01. The van der Waals surface area contributed by atoms with Gasteiger partial charge in [0.25, 0.3) is 0 Å². The number of pyridine rings is 1. The van der Waals surface area contributed by atoms with E-state index in [4.69, 9.17) is 5.73 Å². The minimum absolute atomic E-state index is 0.000741. The maximum Gasteiger partial charge on any atom is 0.0361 e. The van der Waals surface area contributed by atoms with Gasteiger partial charge in [0.05, 0.1) is 0 Å². The molecule has 0 aliphatic heterocycles. The van der Waals surface area contributed by atoms with Crippen LogP contribution in [0.2, 0.25) is 0 Å². The molecule has 2 N–H and O–H groups in total. The van der Waals surface area contributed by atoms with Crippen molar-refractivity contribution in [2.24, 2.45) is 5.73 Å². The van der Waals surface area contributed by atoms with Gasteiger partial charge in [-0.2, -0.15) is 0 Å². The molecule has 1 aromatic heterocycles. The number of aromatic nitrogens is 1. The standard InChI is InChI=1S/C15H17BrN2/c1-10-9-13(3-4-14(10)16)15(17)11(2)12-5-7-18-8-6-12/h3-9,11,15H,17H2,1-2H3. The van der Waals surface area contributed by atoms with E-state index in [0.29, 0.717) is 0 Å². The molecule has 0 spiro atoms. The summed E-state index contributed by atoms with van der Waals surface area (Å²) >= 11 is 3.51. The number of nitrogens with zero attached hydrogens (tertiary/aromatic N) is 1. The minimum atomic E-state index is -0.000741. The summed E-state index contributed by atoms with van der Waals surface area (Å²) in [5.41, 5.74) is 9.95. The molecule has 0 amide bonds. The van der Waals surface area contributed by atoms with Crippen LogP contribution in [0.5, 0.6) is 0 Å². The Balaban J connectivity index is 2.25. The molecule has 2 atom stereocenters. The topological polar surface area (TPSA) is 38.9 Å². The van der Waals surface area contributed by atoms with Gasteiger partial charge in [0.15, 0.2) is 0 Å². The zero-order valence-corrected chi connectivity index (χ0v) is 12.2. The number of halogens is 1. The number of benzene rings is 1. The number of hydrogen-bond donors (Lipinski definition) is 1. The van der Waals surface area contributed by atoms with Crippen molar-refractivity contribution in [1.82, 2.24) is 4.98 Å². The van der Waals surface area contributed by atoms with Gasteiger partial charge >= 0.3 is 0 Å². The van der Waals surface area contributed by atoms with Crippen molar-refractivity contribution in [1.29, 1.82) is 0 Å². The summed E-state index contributed by atoms with van der Waals surface area (Å²) in [7, 11) is 0. The van der Waals surface area contributed by atoms with Crippen molar-refractivity contribution < 1.29 is 0 Å². The highest BCUT2D eigenvalue weighted by Crippen LogP contribution is 2.30. The van der Waals surface area contributed by atoms with Crippen molar-refractivity contribution in [3.05, 3.63) is 63.9 Å². The zero-order chi connectivity index (χ0) is 13.1. The van der Waals surface area contributed by atoms with E-state index in [1.807, 2.05) is 24.5 Å². The van der Waals surface area contributed by atoms with Crippen LogP contribution in [0.25, 0.3) is 0 Å². The molecule has 94 valence electrons. The van der Waals surface area contributed by atoms with E-state index in [-0.39, 0.29) is 12.0 Å². The fraction of sp³-hybridized carbons (Fsp3) is 0.267. The Labute approximate surface area is 116 Å². The lowest BCUT2D eigenvalue weighted by molar-refractivity contribution is 0.597. The molecule has 0 fully saturated rings. The first-order chi connectivity index (χ1) is 8.59. The van der Waals surface area contributed by atoms with Crippen molar-refractivity contribution in [2.45, 2.75) is 25.8 Å². The molecule has 0 bridgehead atoms. The number of rotatable bonds is 3. The van der Waals surface area contributed by atoms with Gasteiger partial charge in [0.1, 0.15) is 0 Å². The molecule has 18 heavy (non-hydrogen) atoms. The van der Waals surface area contributed by atoms with Crippen LogP contribution < -0.4 is 5.73 Å². The zero-order valence-electron chi connectivity index (χ0n) is 10.6. The Morgan fingerprint density at radius 2 is 1.78 bits per heavy atom. The van der Waals surface area contributed by atoms with Gasteiger partial charge in [-0.05, 0) is 41.8 Å². The van der Waals surface area contributed by atoms with Crippen LogP contribution in [0.15, 0.2) is 47.2 Å². The molecule has 1 heterocycles. The molecule has 0 saturated heterocycles. The van der Waals surface area contributed by atoms with Crippen LogP contribution in [0.1, 0.15) is 35.6 Å². The molecule has 1 aromatic carbocycles. The monoisotopic (exact) mass is 304 g/mol. The predicted molar refractivity (Wildman–Crippen MR) is 78.5 cm³/mol. The number of nitrogens with two attached hydrogens (primary N) is 1. The molecule has 2 nitrogen and oxygen atoms in total. The minimum Gasteiger partial charge on any atom is -0.323 e. The smallest absolute Gasteiger partial charge is 0.0361 e. The molecule has 0 radical (unpaired) electrons. The van der Waals surface area contributed by atoms with Crippen LogP contribution in [0.4, 0.5) is 0 Å². The van der Waals surface area contributed by atoms with Crippen molar-refractivity contribution >= 4 is 15.9 Å². The summed E-state index contributed by atoms with van der Waals surface area (Å²) in [6, 6.07) is 10.3. The highest BCUT2D eigenvalue weighted by atomic mass is 79.9. The van der Waals surface area contributed by atoms with E-state index >= 15 is 0 Å². The molecule has 2 rings (SSSR count). The first kappa shape index (κ1) is 13.2. The van der Waals surface area contributed by atoms with Gasteiger partial charge < -0.3 is 5.73 Å². The van der Waals surface area contributed by atoms with Crippen LogP contribution in [0, 0.1) is 6.92 Å². The second-order valence-corrected chi connectivity index (χ2v) is 5.46. The summed E-state index contributed by atoms with van der Waals surface area (Å²) in [5, 5.41) is 0. The fourth-order valence-corrected chi connectivity index (χ4v) is 2.28. The SMILES string of the molecule is Cc1cc(C(N)C(C)c2ccncc2)ccc1Br. The maximum atomic E-state index is 6.35. The third kappa shape index (κ3) is 2.79. The second kappa shape index (κ2) is 5.63. The Hall–Kier alpha value is -1.19. The summed E-state index contributed by atoms with van der Waals surface area (Å²) in [4.78, 5) is 4.04. The summed E-state index contributed by atoms with van der Waals surface area (Å²) in [5.74, 6) is 0.272. The van der Waals surface area contributed by atoms with Crippen LogP contribution >= 0.6 is 15.9 Å². The molecule has 2 unspecified atom stereocenters. The summed E-state index contributed by atoms with van der Waals surface area (Å²) in [6.45, 7) is 4.23. The lowest BCUT2D eigenvalue weighted by Crippen LogP contribution is -2.17. The molecular formula is C15H17BrN2. The summed E-state index contributed by atoms with van der Waals surface area (Å²) in [6.07, 6.45) is 3.62. The van der Waals surface area contributed by atoms with Crippen LogP contribution in [-0.2, 0) is 0 Å². The normalized spacial score (nSPS) is 14.2. The molecule has 0 aliphatic carbocycles. The summed E-state index contributed by atoms with van der Waals surface area (Å²) < 4.78 is 1.12. The predicted octanol–water partition coefficient (Wildman–Crippen LogP) is 3.96. The quantitative estimate of drug-likeness (QED) is 0.932. The van der Waals surface area contributed by atoms with Crippen molar-refractivity contribution in [3.63, 3.8) is 0 Å². The van der Waals surface area contributed by atoms with Gasteiger partial charge in [0, 0.05) is 28.8 Å². The Bertz CT molecular complexity index is 525. The third-order valence-corrected chi connectivity index (χ3v) is 4.23. The van der Waals surface area contributed by atoms with Gasteiger partial charge in [-0.15, -0.1) is 0 Å². The van der Waals surface area contributed by atoms with E-state index in [9.17, 15) is 0 Å². The van der Waals surface area contributed by atoms with E-state index in [2.05, 4.69) is 53.0 Å². The Morgan fingerprint density at radius 1 is 1.11 bits per heavy atom. The fourth-order valence-electron chi connectivity index (χ4n) is 2.04. The highest BCUT2D eigenvalue weighted by molar-refractivity contribution is 9.10. The van der Waals surface area contributed by atoms with E-state index in [0.717, 1.165) is 4.47 Å². The van der Waals surface area contributed by atoms with Gasteiger partial charge in [-0.3, -0.25) is 4.98 Å². The van der Waals surface area contributed by atoms with Crippen molar-refractivity contribution in [3.8, 4) is 0 Å². The lowest BCUT2D eigenvalue weighted by Gasteiger charge is -2.21. The van der Waals surface area contributed by atoms with Crippen molar-refractivity contribution in [2.75, 3.05) is 0 Å². The average Bonchev–Trinajstić information content (AvgIpc) is 2.41. The number of hydrogen-bond acceptors (Lipinski definition) is 2. The van der Waals surface area contributed by atoms with Gasteiger partial charge in [-0.25, -0.2) is 0 Å². The largest absolute Gasteiger partial charge is 0.323 e. The maximum absolute atomic E-state index is 6.35. The second-order valence-electron chi connectivity index (χ2n) is 4.60. The van der Waals surface area contributed by atoms with Gasteiger partial charge in [-0.1, -0.05) is 35.0 Å². The molecule has 0 saturated carbocycles. The molecule has 2 aromatic rings. The highest BCUT2D eigenvalue weighted by Gasteiger charge is 2.17. The third-order valence-electron chi connectivity index (χ3n) is 3.34. The number of aryl methyl sites for hydroxylation is 1.